The third-order valence-electron chi connectivity index (χ3n) is 3.45. The van der Waals surface area contributed by atoms with Crippen LogP contribution in [0.15, 0.2) is 6.33 Å². The van der Waals surface area contributed by atoms with Gasteiger partial charge in [-0.2, -0.15) is 0 Å². The van der Waals surface area contributed by atoms with Gasteiger partial charge in [-0.25, -0.2) is 9.97 Å². The van der Waals surface area contributed by atoms with E-state index >= 15 is 0 Å². The third kappa shape index (κ3) is 2.89. The lowest BCUT2D eigenvalue weighted by Gasteiger charge is -2.32. The molecule has 0 spiro atoms. The number of nitrogens with zero attached hydrogens (tertiary/aromatic N) is 3. The average Bonchev–Trinajstić information content (AvgIpc) is 2.33. The van der Waals surface area contributed by atoms with Gasteiger partial charge in [0.05, 0.1) is 0 Å². The fourth-order valence-electron chi connectivity index (χ4n) is 2.34. The molecule has 1 aromatic rings. The minimum atomic E-state index is 0.621. The Morgan fingerprint density at radius 2 is 2.06 bits per heavy atom. The smallest absolute Gasteiger partial charge is 0.137 e. The van der Waals surface area contributed by atoms with Crippen molar-refractivity contribution in [1.29, 1.82) is 0 Å². The molecule has 1 fully saturated rings. The van der Waals surface area contributed by atoms with Gasteiger partial charge in [-0.05, 0) is 25.2 Å². The standard InChI is InChI=1S/C13H20ClN3/c1-3-4-11-12(14)15-9-16-13(11)17-7-5-10(2)6-8-17/h9-10H,3-8H2,1-2H3. The Kier molecular flexibility index (Phi) is 4.21. The summed E-state index contributed by atoms with van der Waals surface area (Å²) in [5.41, 5.74) is 1.12. The minimum absolute atomic E-state index is 0.621. The van der Waals surface area contributed by atoms with Crippen LogP contribution in [0.3, 0.4) is 0 Å². The Hall–Kier alpha value is -0.830. The van der Waals surface area contributed by atoms with Gasteiger partial charge in [-0.3, -0.25) is 0 Å². The van der Waals surface area contributed by atoms with Gasteiger partial charge in [0.2, 0.25) is 0 Å². The van der Waals surface area contributed by atoms with Crippen LogP contribution in [0, 0.1) is 5.92 Å². The van der Waals surface area contributed by atoms with E-state index in [1.807, 2.05) is 0 Å². The fourth-order valence-corrected chi connectivity index (χ4v) is 2.56. The highest BCUT2D eigenvalue weighted by Gasteiger charge is 2.20. The van der Waals surface area contributed by atoms with Crippen molar-refractivity contribution in [2.75, 3.05) is 18.0 Å². The van der Waals surface area contributed by atoms with Gasteiger partial charge < -0.3 is 4.90 Å². The second-order valence-electron chi connectivity index (χ2n) is 4.89. The lowest BCUT2D eigenvalue weighted by atomic mass is 9.99. The SMILES string of the molecule is CCCc1c(Cl)ncnc1N1CCC(C)CC1. The lowest BCUT2D eigenvalue weighted by molar-refractivity contribution is 0.436. The van der Waals surface area contributed by atoms with E-state index in [4.69, 9.17) is 11.6 Å². The molecular weight excluding hydrogens is 234 g/mol. The molecule has 0 N–H and O–H groups in total. The molecule has 1 aromatic heterocycles. The fraction of sp³-hybridized carbons (Fsp3) is 0.692. The van der Waals surface area contributed by atoms with Gasteiger partial charge in [0.15, 0.2) is 0 Å². The van der Waals surface area contributed by atoms with E-state index in [9.17, 15) is 0 Å². The van der Waals surface area contributed by atoms with Gasteiger partial charge in [-0.1, -0.05) is 31.9 Å². The van der Waals surface area contributed by atoms with Crippen molar-refractivity contribution in [3.63, 3.8) is 0 Å². The first kappa shape index (κ1) is 12.6. The van der Waals surface area contributed by atoms with Crippen LogP contribution >= 0.6 is 11.6 Å². The van der Waals surface area contributed by atoms with Crippen LogP contribution in [0.2, 0.25) is 5.15 Å². The molecule has 0 aliphatic carbocycles. The molecule has 0 bridgehead atoms. The summed E-state index contributed by atoms with van der Waals surface area (Å²) in [5, 5.41) is 0.621. The molecular formula is C13H20ClN3. The molecule has 0 saturated carbocycles. The van der Waals surface area contributed by atoms with E-state index in [1.54, 1.807) is 6.33 Å². The molecule has 0 radical (unpaired) electrons. The van der Waals surface area contributed by atoms with Gasteiger partial charge in [-0.15, -0.1) is 0 Å². The van der Waals surface area contributed by atoms with Crippen molar-refractivity contribution >= 4 is 17.4 Å². The Bertz CT molecular complexity index is 373. The van der Waals surface area contributed by atoms with Crippen LogP contribution < -0.4 is 4.90 Å². The van der Waals surface area contributed by atoms with Crippen molar-refractivity contribution < 1.29 is 0 Å². The number of hydrogen-bond donors (Lipinski definition) is 0. The Balaban J connectivity index is 2.22. The highest BCUT2D eigenvalue weighted by atomic mass is 35.5. The van der Waals surface area contributed by atoms with E-state index < -0.39 is 0 Å². The summed E-state index contributed by atoms with van der Waals surface area (Å²) < 4.78 is 0. The normalized spacial score (nSPS) is 17.5. The Morgan fingerprint density at radius 3 is 2.71 bits per heavy atom. The molecule has 17 heavy (non-hydrogen) atoms. The zero-order chi connectivity index (χ0) is 12.3. The number of aromatic nitrogens is 2. The number of anilines is 1. The van der Waals surface area contributed by atoms with E-state index in [0.717, 1.165) is 43.2 Å². The summed E-state index contributed by atoms with van der Waals surface area (Å²) in [4.78, 5) is 10.9. The molecule has 2 rings (SSSR count). The second-order valence-corrected chi connectivity index (χ2v) is 5.24. The predicted octanol–water partition coefficient (Wildman–Crippen LogP) is 3.32. The van der Waals surface area contributed by atoms with Crippen molar-refractivity contribution in [2.45, 2.75) is 39.5 Å². The van der Waals surface area contributed by atoms with Crippen LogP contribution in [0.4, 0.5) is 5.82 Å². The number of hydrogen-bond acceptors (Lipinski definition) is 3. The predicted molar refractivity (Wildman–Crippen MR) is 71.6 cm³/mol. The average molecular weight is 254 g/mol. The molecule has 1 aliphatic heterocycles. The molecule has 2 heterocycles. The van der Waals surface area contributed by atoms with Crippen LogP contribution in [-0.2, 0) is 6.42 Å². The summed E-state index contributed by atoms with van der Waals surface area (Å²) in [6, 6.07) is 0. The van der Waals surface area contributed by atoms with Crippen molar-refractivity contribution in [1.82, 2.24) is 9.97 Å². The molecule has 0 amide bonds. The molecule has 1 aliphatic rings. The van der Waals surface area contributed by atoms with Crippen LogP contribution in [0.5, 0.6) is 0 Å². The minimum Gasteiger partial charge on any atom is -0.356 e. The largest absolute Gasteiger partial charge is 0.356 e. The van der Waals surface area contributed by atoms with Gasteiger partial charge in [0, 0.05) is 18.7 Å². The van der Waals surface area contributed by atoms with E-state index in [-0.39, 0.29) is 0 Å². The van der Waals surface area contributed by atoms with Crippen molar-refractivity contribution in [3.8, 4) is 0 Å². The van der Waals surface area contributed by atoms with E-state index in [1.165, 1.54) is 12.8 Å². The van der Waals surface area contributed by atoms with Gasteiger partial charge in [0.1, 0.15) is 17.3 Å². The Labute approximate surface area is 108 Å². The lowest BCUT2D eigenvalue weighted by Crippen LogP contribution is -2.34. The first-order valence-electron chi connectivity index (χ1n) is 6.46. The highest BCUT2D eigenvalue weighted by molar-refractivity contribution is 6.30. The maximum Gasteiger partial charge on any atom is 0.137 e. The van der Waals surface area contributed by atoms with Crippen molar-refractivity contribution in [2.24, 2.45) is 5.92 Å². The van der Waals surface area contributed by atoms with Gasteiger partial charge in [0.25, 0.3) is 0 Å². The summed E-state index contributed by atoms with van der Waals surface area (Å²) in [7, 11) is 0. The highest BCUT2D eigenvalue weighted by Crippen LogP contribution is 2.28. The Morgan fingerprint density at radius 1 is 1.35 bits per heavy atom. The molecule has 4 heteroatoms. The monoisotopic (exact) mass is 253 g/mol. The third-order valence-corrected chi connectivity index (χ3v) is 3.78. The molecule has 94 valence electrons. The topological polar surface area (TPSA) is 29.0 Å². The summed E-state index contributed by atoms with van der Waals surface area (Å²) >= 11 is 6.18. The zero-order valence-corrected chi connectivity index (χ0v) is 11.4. The zero-order valence-electron chi connectivity index (χ0n) is 10.6. The number of halogens is 1. The number of piperidine rings is 1. The van der Waals surface area contributed by atoms with E-state index in [0.29, 0.717) is 5.15 Å². The number of rotatable bonds is 3. The summed E-state index contributed by atoms with van der Waals surface area (Å²) in [6.07, 6.45) is 6.10. The first-order chi connectivity index (χ1) is 8.22. The van der Waals surface area contributed by atoms with E-state index in [2.05, 4.69) is 28.7 Å². The maximum atomic E-state index is 6.18. The molecule has 3 nitrogen and oxygen atoms in total. The molecule has 0 unspecified atom stereocenters. The summed E-state index contributed by atoms with van der Waals surface area (Å²) in [6.45, 7) is 6.65. The van der Waals surface area contributed by atoms with Crippen LogP contribution in [0.1, 0.15) is 38.7 Å². The van der Waals surface area contributed by atoms with Crippen molar-refractivity contribution in [3.05, 3.63) is 17.0 Å². The molecule has 0 aromatic carbocycles. The molecule has 1 saturated heterocycles. The van der Waals surface area contributed by atoms with Crippen LogP contribution in [-0.4, -0.2) is 23.1 Å². The second kappa shape index (κ2) is 5.67. The maximum absolute atomic E-state index is 6.18. The van der Waals surface area contributed by atoms with Gasteiger partial charge >= 0.3 is 0 Å². The van der Waals surface area contributed by atoms with Crippen LogP contribution in [0.25, 0.3) is 0 Å². The molecule has 0 atom stereocenters. The summed E-state index contributed by atoms with van der Waals surface area (Å²) in [5.74, 6) is 1.89. The quantitative estimate of drug-likeness (QED) is 0.774. The first-order valence-corrected chi connectivity index (χ1v) is 6.84.